The van der Waals surface area contributed by atoms with Crippen molar-refractivity contribution in [1.29, 1.82) is 0 Å². The Morgan fingerprint density at radius 1 is 1.21 bits per heavy atom. The number of methoxy groups -OCH3 is 1. The molecule has 0 atom stereocenters. The van der Waals surface area contributed by atoms with Crippen LogP contribution >= 0.6 is 0 Å². The monoisotopic (exact) mass is 333 g/mol. The van der Waals surface area contributed by atoms with Gasteiger partial charge in [0.2, 0.25) is 0 Å². The number of amides is 1. The van der Waals surface area contributed by atoms with E-state index in [4.69, 9.17) is 4.74 Å². The first kappa shape index (κ1) is 17.4. The topological polar surface area (TPSA) is 62.7 Å². The number of halogens is 2. The number of carbonyl (C=O) groups is 1. The van der Waals surface area contributed by atoms with Gasteiger partial charge in [0.15, 0.2) is 0 Å². The van der Waals surface area contributed by atoms with Crippen LogP contribution in [0, 0.1) is 11.6 Å². The highest BCUT2D eigenvalue weighted by Gasteiger charge is 2.07. The van der Waals surface area contributed by atoms with Gasteiger partial charge in [-0.05, 0) is 31.2 Å². The van der Waals surface area contributed by atoms with Gasteiger partial charge in [-0.1, -0.05) is 6.07 Å². The van der Waals surface area contributed by atoms with Crippen molar-refractivity contribution in [1.82, 2.24) is 5.43 Å². The van der Waals surface area contributed by atoms with E-state index in [1.807, 2.05) is 0 Å². The Bertz CT molecular complexity index is 763. The molecule has 0 bridgehead atoms. The third-order valence-corrected chi connectivity index (χ3v) is 3.19. The van der Waals surface area contributed by atoms with Crippen LogP contribution in [0.25, 0.3) is 0 Å². The number of carbonyl (C=O) groups excluding carboxylic acids is 1. The molecule has 0 fully saturated rings. The summed E-state index contributed by atoms with van der Waals surface area (Å²) in [6.45, 7) is 1.50. The van der Waals surface area contributed by atoms with E-state index in [-0.39, 0.29) is 17.8 Å². The van der Waals surface area contributed by atoms with Crippen LogP contribution in [-0.2, 0) is 4.79 Å². The molecule has 0 radical (unpaired) electrons. The minimum absolute atomic E-state index is 0.0180. The number of benzene rings is 2. The van der Waals surface area contributed by atoms with E-state index < -0.39 is 17.5 Å². The lowest BCUT2D eigenvalue weighted by atomic mass is 10.1. The average molecular weight is 333 g/mol. The van der Waals surface area contributed by atoms with Crippen LogP contribution in [0.3, 0.4) is 0 Å². The zero-order chi connectivity index (χ0) is 17.5. The molecule has 2 aromatic rings. The Morgan fingerprint density at radius 2 is 2.00 bits per heavy atom. The molecular weight excluding hydrogens is 316 g/mol. The highest BCUT2D eigenvalue weighted by atomic mass is 19.1. The van der Waals surface area contributed by atoms with Crippen LogP contribution in [0.5, 0.6) is 5.75 Å². The van der Waals surface area contributed by atoms with E-state index in [9.17, 15) is 13.6 Å². The van der Waals surface area contributed by atoms with Crippen LogP contribution in [0.15, 0.2) is 47.6 Å². The van der Waals surface area contributed by atoms with Crippen molar-refractivity contribution < 1.29 is 18.3 Å². The number of rotatable bonds is 6. The molecule has 2 N–H and O–H groups in total. The van der Waals surface area contributed by atoms with E-state index in [2.05, 4.69) is 15.8 Å². The molecule has 126 valence electrons. The van der Waals surface area contributed by atoms with Crippen LogP contribution in [-0.4, -0.2) is 25.3 Å². The molecule has 0 saturated heterocycles. The molecule has 0 saturated carbocycles. The van der Waals surface area contributed by atoms with E-state index >= 15 is 0 Å². The summed E-state index contributed by atoms with van der Waals surface area (Å²) in [7, 11) is 1.55. The number of hydrogen-bond acceptors (Lipinski definition) is 4. The number of hydrazone groups is 1. The third kappa shape index (κ3) is 4.77. The summed E-state index contributed by atoms with van der Waals surface area (Å²) in [4.78, 5) is 11.8. The summed E-state index contributed by atoms with van der Waals surface area (Å²) in [6, 6.07) is 10.3. The molecule has 2 aromatic carbocycles. The smallest absolute Gasteiger partial charge is 0.259 e. The van der Waals surface area contributed by atoms with Crippen LogP contribution in [0.1, 0.15) is 12.5 Å². The maximum Gasteiger partial charge on any atom is 0.259 e. The van der Waals surface area contributed by atoms with E-state index in [1.54, 1.807) is 31.4 Å². The van der Waals surface area contributed by atoms with E-state index in [0.717, 1.165) is 17.8 Å². The van der Waals surface area contributed by atoms with Gasteiger partial charge in [0, 0.05) is 23.4 Å². The van der Waals surface area contributed by atoms with Crippen molar-refractivity contribution in [2.75, 3.05) is 19.0 Å². The molecule has 2 rings (SSSR count). The fourth-order valence-corrected chi connectivity index (χ4v) is 1.94. The Kier molecular flexibility index (Phi) is 5.83. The fraction of sp³-hybridized carbons (Fsp3) is 0.176. The lowest BCUT2D eigenvalue weighted by Crippen LogP contribution is -2.26. The number of hydrogen-bond donors (Lipinski definition) is 2. The zero-order valence-electron chi connectivity index (χ0n) is 13.3. The van der Waals surface area contributed by atoms with Gasteiger partial charge in [0.1, 0.15) is 17.4 Å². The van der Waals surface area contributed by atoms with Crippen molar-refractivity contribution in [2.45, 2.75) is 6.92 Å². The SMILES string of the molecule is COc1cccc(NCC(=O)N/N=C(/C)c2ccc(F)cc2F)c1. The maximum atomic E-state index is 13.6. The first-order valence-electron chi connectivity index (χ1n) is 7.16. The molecule has 0 aliphatic rings. The largest absolute Gasteiger partial charge is 0.497 e. The van der Waals surface area contributed by atoms with E-state index in [1.165, 1.54) is 13.0 Å². The number of nitrogens with one attached hydrogen (secondary N) is 2. The second-order valence-corrected chi connectivity index (χ2v) is 4.94. The van der Waals surface area contributed by atoms with Crippen molar-refractivity contribution in [3.05, 3.63) is 59.7 Å². The molecule has 0 heterocycles. The second-order valence-electron chi connectivity index (χ2n) is 4.94. The summed E-state index contributed by atoms with van der Waals surface area (Å²) in [6.07, 6.45) is 0. The molecule has 24 heavy (non-hydrogen) atoms. The highest BCUT2D eigenvalue weighted by molar-refractivity contribution is 5.99. The molecule has 7 heteroatoms. The zero-order valence-corrected chi connectivity index (χ0v) is 13.3. The maximum absolute atomic E-state index is 13.6. The van der Waals surface area contributed by atoms with Crippen molar-refractivity contribution in [3.8, 4) is 5.75 Å². The van der Waals surface area contributed by atoms with Crippen molar-refractivity contribution in [3.63, 3.8) is 0 Å². The minimum Gasteiger partial charge on any atom is -0.497 e. The van der Waals surface area contributed by atoms with Gasteiger partial charge in [-0.25, -0.2) is 14.2 Å². The van der Waals surface area contributed by atoms with Crippen LogP contribution in [0.4, 0.5) is 14.5 Å². The van der Waals surface area contributed by atoms with Crippen molar-refractivity contribution in [2.24, 2.45) is 5.10 Å². The quantitative estimate of drug-likeness (QED) is 0.631. The van der Waals surface area contributed by atoms with Gasteiger partial charge in [0.25, 0.3) is 5.91 Å². The van der Waals surface area contributed by atoms with Gasteiger partial charge in [-0.3, -0.25) is 4.79 Å². The number of nitrogens with zero attached hydrogens (tertiary/aromatic N) is 1. The number of ether oxygens (including phenoxy) is 1. The lowest BCUT2D eigenvalue weighted by molar-refractivity contribution is -0.119. The standard InChI is InChI=1S/C17H17F2N3O2/c1-11(15-7-6-12(18)8-16(15)19)21-22-17(23)10-20-13-4-3-5-14(9-13)24-2/h3-9,20H,10H2,1-2H3,(H,22,23)/b21-11-. The first-order valence-corrected chi connectivity index (χ1v) is 7.16. The van der Waals surface area contributed by atoms with Gasteiger partial charge in [0.05, 0.1) is 19.4 Å². The first-order chi connectivity index (χ1) is 11.5. The summed E-state index contributed by atoms with van der Waals surface area (Å²) >= 11 is 0. The van der Waals surface area contributed by atoms with Crippen LogP contribution < -0.4 is 15.5 Å². The Hall–Kier alpha value is -2.96. The van der Waals surface area contributed by atoms with Gasteiger partial charge in [-0.2, -0.15) is 5.10 Å². The average Bonchev–Trinajstić information content (AvgIpc) is 2.58. The molecule has 5 nitrogen and oxygen atoms in total. The Labute approximate surface area is 138 Å². The summed E-state index contributed by atoms with van der Waals surface area (Å²) < 4.78 is 31.6. The summed E-state index contributed by atoms with van der Waals surface area (Å²) in [5.41, 5.74) is 3.39. The molecular formula is C17H17F2N3O2. The summed E-state index contributed by atoms with van der Waals surface area (Å²) in [5.74, 6) is -1.14. The molecule has 1 amide bonds. The Balaban J connectivity index is 1.92. The molecule has 0 spiro atoms. The lowest BCUT2D eigenvalue weighted by Gasteiger charge is -2.08. The predicted molar refractivity (Wildman–Crippen MR) is 88.2 cm³/mol. The number of anilines is 1. The fourth-order valence-electron chi connectivity index (χ4n) is 1.94. The highest BCUT2D eigenvalue weighted by Crippen LogP contribution is 2.16. The third-order valence-electron chi connectivity index (χ3n) is 3.19. The Morgan fingerprint density at radius 3 is 2.71 bits per heavy atom. The van der Waals surface area contributed by atoms with Gasteiger partial charge >= 0.3 is 0 Å². The predicted octanol–water partition coefficient (Wildman–Crippen LogP) is 2.93. The van der Waals surface area contributed by atoms with Crippen molar-refractivity contribution >= 4 is 17.3 Å². The van der Waals surface area contributed by atoms with Gasteiger partial charge in [-0.15, -0.1) is 0 Å². The van der Waals surface area contributed by atoms with Crippen LogP contribution in [0.2, 0.25) is 0 Å². The molecule has 0 aliphatic carbocycles. The normalized spacial score (nSPS) is 11.1. The second kappa shape index (κ2) is 8.05. The summed E-state index contributed by atoms with van der Waals surface area (Å²) in [5, 5.41) is 6.74. The minimum atomic E-state index is -0.736. The molecule has 0 aliphatic heterocycles. The van der Waals surface area contributed by atoms with Gasteiger partial charge < -0.3 is 10.1 Å². The molecule has 0 aromatic heterocycles. The van der Waals surface area contributed by atoms with E-state index in [0.29, 0.717) is 5.75 Å². The molecule has 0 unspecified atom stereocenters.